The fraction of sp³-hybridized carbons (Fsp3) is 0.417. The molecule has 0 amide bonds. The summed E-state index contributed by atoms with van der Waals surface area (Å²) in [5.41, 5.74) is 0. The molecule has 1 rings (SSSR count). The van der Waals surface area contributed by atoms with Gasteiger partial charge in [-0.1, -0.05) is 18.2 Å². The number of carbonyl (C=O) groups is 1. The van der Waals surface area contributed by atoms with E-state index in [0.29, 0.717) is 12.4 Å². The first-order chi connectivity index (χ1) is 8.44. The fourth-order valence-corrected chi connectivity index (χ4v) is 3.50. The number of ether oxygens (including phenoxy) is 1. The number of hydrogen-bond donors (Lipinski definition) is 1. The molecular weight excluding hydrogens is 269 g/mol. The third-order valence-corrected chi connectivity index (χ3v) is 4.05. The molecule has 0 bridgehead atoms. The summed E-state index contributed by atoms with van der Waals surface area (Å²) < 4.78 is 10.6. The number of carbonyl (C=O) groups excluding carboxylic acids is 1. The zero-order valence-corrected chi connectivity index (χ0v) is 12.5. The van der Waals surface area contributed by atoms with Crippen LogP contribution in [0.15, 0.2) is 30.3 Å². The first-order valence-corrected chi connectivity index (χ1v) is 8.88. The molecule has 1 unspecified atom stereocenters. The highest BCUT2D eigenvalue weighted by atomic mass is 32.4. The molecule has 0 spiro atoms. The summed E-state index contributed by atoms with van der Waals surface area (Å²) in [6, 6.07) is 8.85. The van der Waals surface area contributed by atoms with Crippen molar-refractivity contribution >= 4 is 24.2 Å². The van der Waals surface area contributed by atoms with Crippen LogP contribution in [-0.2, 0) is 21.3 Å². The van der Waals surface area contributed by atoms with Crippen molar-refractivity contribution in [3.63, 3.8) is 0 Å². The second-order valence-corrected chi connectivity index (χ2v) is 8.08. The molecule has 1 N–H and O–H groups in total. The first-order valence-electron chi connectivity index (χ1n) is 5.71. The van der Waals surface area contributed by atoms with Gasteiger partial charge in [-0.3, -0.25) is 4.79 Å². The highest BCUT2D eigenvalue weighted by molar-refractivity contribution is 8.11. The second kappa shape index (κ2) is 6.88. The summed E-state index contributed by atoms with van der Waals surface area (Å²) in [6.07, 6.45) is -2.27. The third kappa shape index (κ3) is 5.17. The molecule has 18 heavy (non-hydrogen) atoms. The maximum Gasteiger partial charge on any atom is 0.323 e. The molecule has 0 saturated carbocycles. The lowest BCUT2D eigenvalue weighted by molar-refractivity contribution is -0.144. The van der Waals surface area contributed by atoms with Crippen LogP contribution in [0.4, 0.5) is 0 Å². The molecule has 0 aliphatic heterocycles. The van der Waals surface area contributed by atoms with Gasteiger partial charge in [0.1, 0.15) is 11.8 Å². The van der Waals surface area contributed by atoms with Crippen LogP contribution in [0.3, 0.4) is 0 Å². The molecular formula is C12H18NO3PS. The monoisotopic (exact) mass is 287 g/mol. The van der Waals surface area contributed by atoms with Crippen LogP contribution >= 0.6 is 6.42 Å². The zero-order valence-electron chi connectivity index (χ0n) is 10.8. The maximum absolute atomic E-state index is 11.5. The van der Waals surface area contributed by atoms with E-state index >= 15 is 0 Å². The smallest absolute Gasteiger partial charge is 0.323 e. The van der Waals surface area contributed by atoms with Gasteiger partial charge in [0.25, 0.3) is 0 Å². The molecule has 4 nitrogen and oxygen atoms in total. The van der Waals surface area contributed by atoms with Crippen molar-refractivity contribution in [2.75, 3.05) is 13.3 Å². The minimum absolute atomic E-state index is 0.315. The predicted octanol–water partition coefficient (Wildman–Crippen LogP) is 2.55. The third-order valence-electron chi connectivity index (χ3n) is 2.09. The summed E-state index contributed by atoms with van der Waals surface area (Å²) in [7, 11) is 0. The molecule has 0 aliphatic carbocycles. The van der Waals surface area contributed by atoms with Gasteiger partial charge in [0, 0.05) is 6.66 Å². The van der Waals surface area contributed by atoms with E-state index in [-0.39, 0.29) is 5.97 Å². The minimum Gasteiger partial charge on any atom is -0.465 e. The molecule has 0 aromatic heterocycles. The summed E-state index contributed by atoms with van der Waals surface area (Å²) >= 11 is 5.38. The Morgan fingerprint density at radius 3 is 2.61 bits per heavy atom. The van der Waals surface area contributed by atoms with Gasteiger partial charge in [-0.2, -0.15) is 0 Å². The van der Waals surface area contributed by atoms with Gasteiger partial charge in [0.05, 0.1) is 6.61 Å². The van der Waals surface area contributed by atoms with Gasteiger partial charge < -0.3 is 9.26 Å². The van der Waals surface area contributed by atoms with Crippen LogP contribution in [0.1, 0.15) is 13.8 Å². The topological polar surface area (TPSA) is 47.6 Å². The summed E-state index contributed by atoms with van der Waals surface area (Å²) in [6.45, 7) is 5.64. The van der Waals surface area contributed by atoms with E-state index in [9.17, 15) is 4.79 Å². The van der Waals surface area contributed by atoms with Crippen LogP contribution in [-0.4, -0.2) is 25.3 Å². The van der Waals surface area contributed by atoms with Gasteiger partial charge in [-0.05, 0) is 37.8 Å². The Morgan fingerprint density at radius 2 is 2.06 bits per heavy atom. The van der Waals surface area contributed by atoms with Gasteiger partial charge in [0.15, 0.2) is 6.42 Å². The number of hydrogen-bond acceptors (Lipinski definition) is 4. The van der Waals surface area contributed by atoms with E-state index in [1.165, 1.54) is 0 Å². The van der Waals surface area contributed by atoms with E-state index in [0.717, 1.165) is 0 Å². The van der Waals surface area contributed by atoms with Crippen LogP contribution in [0.25, 0.3) is 0 Å². The molecule has 1 aromatic rings. The van der Waals surface area contributed by atoms with Crippen LogP contribution in [0.2, 0.25) is 0 Å². The Kier molecular flexibility index (Phi) is 5.79. The first kappa shape index (κ1) is 15.2. The van der Waals surface area contributed by atoms with Crippen molar-refractivity contribution < 1.29 is 14.1 Å². The van der Waals surface area contributed by atoms with Crippen LogP contribution in [0, 0.1) is 0 Å². The van der Waals surface area contributed by atoms with Crippen molar-refractivity contribution in [2.24, 2.45) is 0 Å². The minimum atomic E-state index is -2.27. The lowest BCUT2D eigenvalue weighted by Crippen LogP contribution is -2.34. The normalized spacial score (nSPS) is 15.5. The largest absolute Gasteiger partial charge is 0.465 e. The SMILES string of the molecule is CCOC(=O)[C@H](C)NP(C)(=S)Oc1ccccc1. The fourth-order valence-electron chi connectivity index (χ4n) is 1.38. The highest BCUT2D eigenvalue weighted by Crippen LogP contribution is 2.39. The van der Waals surface area contributed by atoms with Gasteiger partial charge >= 0.3 is 5.97 Å². The highest BCUT2D eigenvalue weighted by Gasteiger charge is 2.21. The summed E-state index contributed by atoms with van der Waals surface area (Å²) in [5.74, 6) is 0.386. The predicted molar refractivity (Wildman–Crippen MR) is 76.5 cm³/mol. The summed E-state index contributed by atoms with van der Waals surface area (Å²) in [4.78, 5) is 11.5. The summed E-state index contributed by atoms with van der Waals surface area (Å²) in [5, 5.41) is 3.02. The lowest BCUT2D eigenvalue weighted by Gasteiger charge is -2.23. The Hall–Kier alpha value is -0.900. The van der Waals surface area contributed by atoms with Crippen LogP contribution < -0.4 is 9.61 Å². The van der Waals surface area contributed by atoms with E-state index in [1.54, 1.807) is 20.5 Å². The number of nitrogens with one attached hydrogen (secondary N) is 1. The molecule has 2 atom stereocenters. The standard InChI is InChI=1S/C12H18NO3PS/c1-4-15-12(14)10(2)13-17(3,18)16-11-8-6-5-7-9-11/h5-10H,4H2,1-3H3,(H,13,18)/t10-,17?/m0/s1. The maximum atomic E-state index is 11.5. The number of para-hydroxylation sites is 1. The average molecular weight is 287 g/mol. The quantitative estimate of drug-likeness (QED) is 0.643. The Balaban J connectivity index is 2.59. The average Bonchev–Trinajstić information content (AvgIpc) is 2.29. The van der Waals surface area contributed by atoms with Crippen molar-refractivity contribution in [2.45, 2.75) is 19.9 Å². The van der Waals surface area contributed by atoms with E-state index in [2.05, 4.69) is 5.09 Å². The molecule has 6 heteroatoms. The van der Waals surface area contributed by atoms with Crippen molar-refractivity contribution in [3.8, 4) is 5.75 Å². The van der Waals surface area contributed by atoms with Gasteiger partial charge in [-0.15, -0.1) is 0 Å². The second-order valence-electron chi connectivity index (χ2n) is 3.85. The molecule has 0 heterocycles. The van der Waals surface area contributed by atoms with Crippen LogP contribution in [0.5, 0.6) is 5.75 Å². The van der Waals surface area contributed by atoms with Crippen molar-refractivity contribution in [1.82, 2.24) is 5.09 Å². The molecule has 1 aromatic carbocycles. The Labute approximate surface area is 113 Å². The molecule has 0 aliphatic rings. The zero-order chi connectivity index (χ0) is 13.6. The van der Waals surface area contributed by atoms with Gasteiger partial charge in [-0.25, -0.2) is 5.09 Å². The Bertz CT molecular complexity index is 438. The van der Waals surface area contributed by atoms with E-state index < -0.39 is 12.5 Å². The Morgan fingerprint density at radius 1 is 1.44 bits per heavy atom. The number of rotatable bonds is 6. The van der Waals surface area contributed by atoms with E-state index in [4.69, 9.17) is 21.1 Å². The van der Waals surface area contributed by atoms with E-state index in [1.807, 2.05) is 30.3 Å². The van der Waals surface area contributed by atoms with Crippen molar-refractivity contribution in [1.29, 1.82) is 0 Å². The molecule has 100 valence electrons. The lowest BCUT2D eigenvalue weighted by atomic mass is 10.3. The molecule has 0 radical (unpaired) electrons. The molecule has 0 saturated heterocycles. The molecule has 0 fully saturated rings. The van der Waals surface area contributed by atoms with Gasteiger partial charge in [0.2, 0.25) is 0 Å². The number of benzene rings is 1. The number of esters is 1. The van der Waals surface area contributed by atoms with Crippen molar-refractivity contribution in [3.05, 3.63) is 30.3 Å².